The Kier molecular flexibility index (Phi) is 11.2. The molecule has 0 atom stereocenters. The van der Waals surface area contributed by atoms with Gasteiger partial charge in [0.05, 0.1) is 13.0 Å². The summed E-state index contributed by atoms with van der Waals surface area (Å²) in [5.41, 5.74) is 0. The molecule has 0 aromatic heterocycles. The number of Topliss-reactive ketones (excluding diaryl/α,β-unsaturated/α-hetero) is 1. The summed E-state index contributed by atoms with van der Waals surface area (Å²) in [4.78, 5) is 32.5. The van der Waals surface area contributed by atoms with E-state index in [2.05, 4.69) is 0 Å². The van der Waals surface area contributed by atoms with E-state index in [0.29, 0.717) is 0 Å². The first kappa shape index (κ1) is 18.3. The monoisotopic (exact) mass is 288 g/mol. The van der Waals surface area contributed by atoms with E-state index in [1.54, 1.807) is 6.08 Å². The van der Waals surface area contributed by atoms with Crippen molar-refractivity contribution in [2.75, 3.05) is 33.0 Å². The average molecular weight is 288 g/mol. The predicted octanol–water partition coefficient (Wildman–Crippen LogP) is 0.573. The van der Waals surface area contributed by atoms with Crippen LogP contribution in [-0.4, -0.2) is 55.9 Å². The van der Waals surface area contributed by atoms with Crippen LogP contribution in [0, 0.1) is 0 Å². The molecular formula is C13H20O7. The van der Waals surface area contributed by atoms with Crippen molar-refractivity contribution in [3.05, 3.63) is 12.2 Å². The van der Waals surface area contributed by atoms with Gasteiger partial charge in [0.1, 0.15) is 26.4 Å². The number of carboxylic acid groups (broad SMARTS) is 1. The number of rotatable bonds is 12. The Balaban J connectivity index is 3.48. The van der Waals surface area contributed by atoms with Gasteiger partial charge in [-0.2, -0.15) is 0 Å². The molecule has 0 bridgehead atoms. The van der Waals surface area contributed by atoms with Crippen LogP contribution < -0.4 is 0 Å². The number of esters is 1. The first-order valence-corrected chi connectivity index (χ1v) is 6.25. The second kappa shape index (κ2) is 12.3. The van der Waals surface area contributed by atoms with Gasteiger partial charge in [0, 0.05) is 0 Å². The van der Waals surface area contributed by atoms with E-state index in [1.807, 2.05) is 13.0 Å². The fraction of sp³-hybridized carbons (Fsp3) is 0.615. The fourth-order valence-corrected chi connectivity index (χ4v) is 1.05. The third kappa shape index (κ3) is 12.7. The third-order valence-electron chi connectivity index (χ3n) is 1.95. The van der Waals surface area contributed by atoms with Gasteiger partial charge in [0.2, 0.25) is 0 Å². The summed E-state index contributed by atoms with van der Waals surface area (Å²) in [5, 5.41) is 8.34. The Bertz CT molecular complexity index is 336. The molecule has 0 rings (SSSR count). The summed E-state index contributed by atoms with van der Waals surface area (Å²) in [5.74, 6) is -1.91. The van der Waals surface area contributed by atoms with Gasteiger partial charge in [-0.1, -0.05) is 19.1 Å². The molecule has 1 N–H and O–H groups in total. The van der Waals surface area contributed by atoms with Crippen molar-refractivity contribution in [1.82, 2.24) is 0 Å². The Labute approximate surface area is 117 Å². The van der Waals surface area contributed by atoms with Crippen LogP contribution >= 0.6 is 0 Å². The van der Waals surface area contributed by atoms with E-state index in [0.717, 1.165) is 6.42 Å². The molecule has 0 aromatic rings. The summed E-state index contributed by atoms with van der Waals surface area (Å²) in [6, 6.07) is 0. The van der Waals surface area contributed by atoms with E-state index in [9.17, 15) is 14.4 Å². The highest BCUT2D eigenvalue weighted by Crippen LogP contribution is 1.88. The second-order valence-corrected chi connectivity index (χ2v) is 3.79. The van der Waals surface area contributed by atoms with Crippen LogP contribution in [0.25, 0.3) is 0 Å². The quantitative estimate of drug-likeness (QED) is 0.318. The molecule has 0 unspecified atom stereocenters. The van der Waals surface area contributed by atoms with Crippen LogP contribution in [0.3, 0.4) is 0 Å². The molecule has 0 aliphatic rings. The number of hydrogen-bond acceptors (Lipinski definition) is 6. The van der Waals surface area contributed by atoms with Crippen molar-refractivity contribution in [3.8, 4) is 0 Å². The lowest BCUT2D eigenvalue weighted by molar-refractivity contribution is -0.149. The number of ketones is 1. The van der Waals surface area contributed by atoms with Crippen LogP contribution in [0.2, 0.25) is 0 Å². The zero-order valence-electron chi connectivity index (χ0n) is 11.5. The fourth-order valence-electron chi connectivity index (χ4n) is 1.05. The number of ether oxygens (including phenoxy) is 3. The molecule has 0 aliphatic carbocycles. The number of hydrogen-bond donors (Lipinski definition) is 1. The molecular weight excluding hydrogens is 268 g/mol. The van der Waals surface area contributed by atoms with Gasteiger partial charge in [-0.25, -0.2) is 4.79 Å². The van der Waals surface area contributed by atoms with Gasteiger partial charge in [0.25, 0.3) is 0 Å². The zero-order chi connectivity index (χ0) is 15.2. The molecule has 114 valence electrons. The van der Waals surface area contributed by atoms with Crippen molar-refractivity contribution >= 4 is 17.7 Å². The molecule has 7 heteroatoms. The Morgan fingerprint density at radius 1 is 1.05 bits per heavy atom. The van der Waals surface area contributed by atoms with Gasteiger partial charge >= 0.3 is 11.9 Å². The summed E-state index contributed by atoms with van der Waals surface area (Å²) in [6.45, 7) is 1.30. The maximum atomic E-state index is 11.2. The minimum Gasteiger partial charge on any atom is -0.481 e. The maximum Gasteiger partial charge on any atom is 0.332 e. The van der Waals surface area contributed by atoms with Crippen LogP contribution in [-0.2, 0) is 28.6 Å². The lowest BCUT2D eigenvalue weighted by Crippen LogP contribution is -2.20. The zero-order valence-corrected chi connectivity index (χ0v) is 11.5. The van der Waals surface area contributed by atoms with E-state index in [4.69, 9.17) is 19.3 Å². The van der Waals surface area contributed by atoms with Crippen molar-refractivity contribution < 1.29 is 33.7 Å². The molecule has 7 nitrogen and oxygen atoms in total. The lowest BCUT2D eigenvalue weighted by atomic mass is 10.4. The van der Waals surface area contributed by atoms with Gasteiger partial charge in [-0.05, 0) is 6.42 Å². The predicted molar refractivity (Wildman–Crippen MR) is 69.3 cm³/mol. The first-order chi connectivity index (χ1) is 9.56. The highest BCUT2D eigenvalue weighted by atomic mass is 16.6. The van der Waals surface area contributed by atoms with Crippen LogP contribution in [0.15, 0.2) is 12.2 Å². The smallest absolute Gasteiger partial charge is 0.332 e. The van der Waals surface area contributed by atoms with Gasteiger partial charge in [-0.15, -0.1) is 0 Å². The van der Waals surface area contributed by atoms with Crippen molar-refractivity contribution in [3.63, 3.8) is 0 Å². The van der Waals surface area contributed by atoms with Gasteiger partial charge < -0.3 is 19.3 Å². The minimum absolute atomic E-state index is 0.0348. The van der Waals surface area contributed by atoms with Crippen LogP contribution in [0.1, 0.15) is 19.8 Å². The summed E-state index contributed by atoms with van der Waals surface area (Å²) >= 11 is 0. The molecule has 0 heterocycles. The third-order valence-corrected chi connectivity index (χ3v) is 1.95. The highest BCUT2D eigenvalue weighted by molar-refractivity contribution is 5.81. The van der Waals surface area contributed by atoms with Crippen LogP contribution in [0.5, 0.6) is 0 Å². The number of carbonyl (C=O) groups is 3. The van der Waals surface area contributed by atoms with Crippen LogP contribution in [0.4, 0.5) is 0 Å². The summed E-state index contributed by atoms with van der Waals surface area (Å²) in [7, 11) is 0. The number of aliphatic carboxylic acids is 1. The molecule has 0 saturated carbocycles. The Morgan fingerprint density at radius 2 is 1.75 bits per heavy atom. The molecule has 0 saturated heterocycles. The molecule has 0 aliphatic heterocycles. The molecule has 0 spiro atoms. The van der Waals surface area contributed by atoms with Gasteiger partial charge in [0.15, 0.2) is 5.78 Å². The minimum atomic E-state index is -0.992. The first-order valence-electron chi connectivity index (χ1n) is 6.25. The largest absolute Gasteiger partial charge is 0.481 e. The van der Waals surface area contributed by atoms with Crippen molar-refractivity contribution in [2.45, 2.75) is 19.8 Å². The highest BCUT2D eigenvalue weighted by Gasteiger charge is 2.06. The SMILES string of the molecule is CC/C=C\COC(=O)COCC(=O)COCCC(=O)O. The van der Waals surface area contributed by atoms with E-state index in [-0.39, 0.29) is 45.2 Å². The summed E-state index contributed by atoms with van der Waals surface area (Å²) < 4.78 is 14.5. The molecule has 20 heavy (non-hydrogen) atoms. The molecule has 0 aromatic carbocycles. The normalized spacial score (nSPS) is 10.7. The topological polar surface area (TPSA) is 99.1 Å². The molecule has 0 fully saturated rings. The number of carboxylic acids is 1. The van der Waals surface area contributed by atoms with E-state index in [1.165, 1.54) is 0 Å². The Hall–Kier alpha value is -1.73. The van der Waals surface area contributed by atoms with Gasteiger partial charge in [-0.3, -0.25) is 9.59 Å². The van der Waals surface area contributed by atoms with Crippen molar-refractivity contribution in [2.24, 2.45) is 0 Å². The standard InChI is InChI=1S/C13H20O7/c1-2-3-4-6-20-13(17)10-19-9-11(14)8-18-7-5-12(15)16/h3-4H,2,5-10H2,1H3,(H,15,16)/b4-3-. The molecule has 0 radical (unpaired) electrons. The Morgan fingerprint density at radius 3 is 2.40 bits per heavy atom. The number of allylic oxidation sites excluding steroid dienone is 1. The van der Waals surface area contributed by atoms with Crippen molar-refractivity contribution in [1.29, 1.82) is 0 Å². The van der Waals surface area contributed by atoms with E-state index >= 15 is 0 Å². The maximum absolute atomic E-state index is 11.2. The second-order valence-electron chi connectivity index (χ2n) is 3.79. The summed E-state index contributed by atoms with van der Waals surface area (Å²) in [6.07, 6.45) is 4.29. The number of carbonyl (C=O) groups excluding carboxylic acids is 2. The van der Waals surface area contributed by atoms with E-state index < -0.39 is 11.9 Å². The molecule has 0 amide bonds. The average Bonchev–Trinajstić information content (AvgIpc) is 2.39. The lowest BCUT2D eigenvalue weighted by Gasteiger charge is -2.04.